The molecule has 0 fully saturated rings. The van der Waals surface area contributed by atoms with E-state index >= 15 is 0 Å². The molecule has 1 heterocycles. The van der Waals surface area contributed by atoms with Crippen molar-refractivity contribution in [3.05, 3.63) is 57.3 Å². The van der Waals surface area contributed by atoms with Crippen LogP contribution in [0.2, 0.25) is 0 Å². The van der Waals surface area contributed by atoms with Crippen LogP contribution in [0.1, 0.15) is 32.5 Å². The van der Waals surface area contributed by atoms with Gasteiger partial charge in [-0.05, 0) is 36.4 Å². The lowest BCUT2D eigenvalue weighted by molar-refractivity contribution is 0.0920. The third-order valence-corrected chi connectivity index (χ3v) is 4.00. The molecule has 0 saturated carbocycles. The standard InChI is InChI=1S/C15H17NO2S/c1-10-3-5-12(6-4-10)13(17)9-16-15(18)14-11(2)7-8-19-14/h3-8,13,17H,9H2,1-2H3,(H,16,18). The van der Waals surface area contributed by atoms with E-state index < -0.39 is 6.10 Å². The van der Waals surface area contributed by atoms with E-state index in [1.54, 1.807) is 0 Å². The first-order chi connectivity index (χ1) is 9.08. The smallest absolute Gasteiger partial charge is 0.261 e. The lowest BCUT2D eigenvalue weighted by atomic mass is 10.1. The van der Waals surface area contributed by atoms with Gasteiger partial charge in [0, 0.05) is 6.54 Å². The molecule has 1 unspecified atom stereocenters. The molecule has 4 heteroatoms. The fourth-order valence-electron chi connectivity index (χ4n) is 1.78. The third kappa shape index (κ3) is 3.43. The van der Waals surface area contributed by atoms with Crippen molar-refractivity contribution in [3.8, 4) is 0 Å². The number of rotatable bonds is 4. The molecule has 3 nitrogen and oxygen atoms in total. The second-order valence-corrected chi connectivity index (χ2v) is 5.49. The number of carbonyl (C=O) groups excluding carboxylic acids is 1. The number of hydrogen-bond donors (Lipinski definition) is 2. The van der Waals surface area contributed by atoms with E-state index in [-0.39, 0.29) is 12.5 Å². The highest BCUT2D eigenvalue weighted by Crippen LogP contribution is 2.16. The van der Waals surface area contributed by atoms with Crippen LogP contribution in [0.4, 0.5) is 0 Å². The molecule has 1 aromatic carbocycles. The van der Waals surface area contributed by atoms with Gasteiger partial charge in [-0.25, -0.2) is 0 Å². The number of aliphatic hydroxyl groups is 1. The quantitative estimate of drug-likeness (QED) is 0.901. The average Bonchev–Trinajstić information content (AvgIpc) is 2.83. The van der Waals surface area contributed by atoms with Crippen LogP contribution in [-0.2, 0) is 0 Å². The van der Waals surface area contributed by atoms with Gasteiger partial charge in [-0.1, -0.05) is 29.8 Å². The molecule has 2 rings (SSSR count). The van der Waals surface area contributed by atoms with Gasteiger partial charge in [0.15, 0.2) is 0 Å². The van der Waals surface area contributed by atoms with Crippen LogP contribution < -0.4 is 5.32 Å². The van der Waals surface area contributed by atoms with E-state index in [1.807, 2.05) is 49.6 Å². The van der Waals surface area contributed by atoms with Gasteiger partial charge in [-0.3, -0.25) is 4.79 Å². The summed E-state index contributed by atoms with van der Waals surface area (Å²) >= 11 is 1.41. The molecule has 0 spiro atoms. The van der Waals surface area contributed by atoms with Crippen molar-refractivity contribution in [3.63, 3.8) is 0 Å². The van der Waals surface area contributed by atoms with Crippen LogP contribution >= 0.6 is 11.3 Å². The van der Waals surface area contributed by atoms with Crippen molar-refractivity contribution in [2.75, 3.05) is 6.54 Å². The summed E-state index contributed by atoms with van der Waals surface area (Å²) in [5.74, 6) is -0.126. The number of carbonyl (C=O) groups is 1. The van der Waals surface area contributed by atoms with Crippen LogP contribution in [-0.4, -0.2) is 17.6 Å². The maximum Gasteiger partial charge on any atom is 0.261 e. The zero-order valence-electron chi connectivity index (χ0n) is 11.0. The van der Waals surface area contributed by atoms with Gasteiger partial charge in [0.25, 0.3) is 5.91 Å². The zero-order valence-corrected chi connectivity index (χ0v) is 11.8. The van der Waals surface area contributed by atoms with Crippen molar-refractivity contribution >= 4 is 17.2 Å². The molecule has 0 saturated heterocycles. The summed E-state index contributed by atoms with van der Waals surface area (Å²) in [5.41, 5.74) is 2.93. The van der Waals surface area contributed by atoms with E-state index in [4.69, 9.17) is 0 Å². The Morgan fingerprint density at radius 1 is 1.26 bits per heavy atom. The molecule has 1 atom stereocenters. The van der Waals surface area contributed by atoms with E-state index in [0.29, 0.717) is 4.88 Å². The summed E-state index contributed by atoms with van der Waals surface area (Å²) in [6.07, 6.45) is -0.676. The van der Waals surface area contributed by atoms with Gasteiger partial charge in [-0.2, -0.15) is 0 Å². The van der Waals surface area contributed by atoms with Gasteiger partial charge in [0.1, 0.15) is 0 Å². The number of benzene rings is 1. The van der Waals surface area contributed by atoms with Crippen molar-refractivity contribution in [1.82, 2.24) is 5.32 Å². The third-order valence-electron chi connectivity index (χ3n) is 2.99. The van der Waals surface area contributed by atoms with E-state index in [2.05, 4.69) is 5.32 Å². The molecule has 1 amide bonds. The van der Waals surface area contributed by atoms with Crippen LogP contribution in [0.3, 0.4) is 0 Å². The minimum Gasteiger partial charge on any atom is -0.387 e. The van der Waals surface area contributed by atoms with Gasteiger partial charge in [0.2, 0.25) is 0 Å². The molecule has 0 radical (unpaired) electrons. The van der Waals surface area contributed by atoms with Crippen LogP contribution in [0.25, 0.3) is 0 Å². The Morgan fingerprint density at radius 3 is 2.53 bits per heavy atom. The number of aryl methyl sites for hydroxylation is 2. The Labute approximate surface area is 116 Å². The molecule has 2 aromatic rings. The minimum absolute atomic E-state index is 0.126. The molecule has 0 aliphatic rings. The van der Waals surface area contributed by atoms with Crippen molar-refractivity contribution in [2.45, 2.75) is 20.0 Å². The Morgan fingerprint density at radius 2 is 1.95 bits per heavy atom. The van der Waals surface area contributed by atoms with Crippen LogP contribution in [0.15, 0.2) is 35.7 Å². The number of amides is 1. The zero-order chi connectivity index (χ0) is 13.8. The Hall–Kier alpha value is -1.65. The average molecular weight is 275 g/mol. The first-order valence-corrected chi connectivity index (χ1v) is 7.03. The number of nitrogens with one attached hydrogen (secondary N) is 1. The number of thiophene rings is 1. The van der Waals surface area contributed by atoms with Gasteiger partial charge in [-0.15, -0.1) is 11.3 Å². The molecule has 100 valence electrons. The van der Waals surface area contributed by atoms with Gasteiger partial charge >= 0.3 is 0 Å². The first-order valence-electron chi connectivity index (χ1n) is 6.15. The Kier molecular flexibility index (Phi) is 4.35. The van der Waals surface area contributed by atoms with E-state index in [0.717, 1.165) is 16.7 Å². The predicted octanol–water partition coefficient (Wildman–Crippen LogP) is 2.83. The molecular weight excluding hydrogens is 258 g/mol. The summed E-state index contributed by atoms with van der Waals surface area (Å²) in [7, 11) is 0. The van der Waals surface area contributed by atoms with E-state index in [9.17, 15) is 9.90 Å². The molecule has 0 bridgehead atoms. The SMILES string of the molecule is Cc1ccc(C(O)CNC(=O)c2sccc2C)cc1. The summed E-state index contributed by atoms with van der Waals surface area (Å²) in [6, 6.07) is 9.56. The van der Waals surface area contributed by atoms with Crippen molar-refractivity contribution in [2.24, 2.45) is 0 Å². The van der Waals surface area contributed by atoms with Crippen molar-refractivity contribution in [1.29, 1.82) is 0 Å². The number of aliphatic hydroxyl groups excluding tert-OH is 1. The maximum atomic E-state index is 11.9. The molecule has 0 aliphatic heterocycles. The minimum atomic E-state index is -0.676. The largest absolute Gasteiger partial charge is 0.387 e. The predicted molar refractivity (Wildman–Crippen MR) is 77.5 cm³/mol. The lowest BCUT2D eigenvalue weighted by Crippen LogP contribution is -2.28. The lowest BCUT2D eigenvalue weighted by Gasteiger charge is -2.12. The van der Waals surface area contributed by atoms with Crippen molar-refractivity contribution < 1.29 is 9.90 Å². The molecule has 2 N–H and O–H groups in total. The molecule has 0 aliphatic carbocycles. The van der Waals surface area contributed by atoms with Gasteiger partial charge < -0.3 is 10.4 Å². The van der Waals surface area contributed by atoms with Crippen LogP contribution in [0, 0.1) is 13.8 Å². The first kappa shape index (κ1) is 13.8. The molecule has 1 aromatic heterocycles. The Bertz CT molecular complexity index is 560. The summed E-state index contributed by atoms with van der Waals surface area (Å²) in [4.78, 5) is 12.6. The normalized spacial score (nSPS) is 12.2. The number of hydrogen-bond acceptors (Lipinski definition) is 3. The van der Waals surface area contributed by atoms with E-state index in [1.165, 1.54) is 11.3 Å². The summed E-state index contributed by atoms with van der Waals surface area (Å²) < 4.78 is 0. The fourth-order valence-corrected chi connectivity index (χ4v) is 2.62. The second-order valence-electron chi connectivity index (χ2n) is 4.57. The van der Waals surface area contributed by atoms with Crippen LogP contribution in [0.5, 0.6) is 0 Å². The van der Waals surface area contributed by atoms with Gasteiger partial charge in [0.05, 0.1) is 11.0 Å². The maximum absolute atomic E-state index is 11.9. The monoisotopic (exact) mass is 275 g/mol. The second kappa shape index (κ2) is 5.99. The fraction of sp³-hybridized carbons (Fsp3) is 0.267. The topological polar surface area (TPSA) is 49.3 Å². The Balaban J connectivity index is 1.94. The molecular formula is C15H17NO2S. The highest BCUT2D eigenvalue weighted by Gasteiger charge is 2.13. The molecule has 19 heavy (non-hydrogen) atoms. The highest BCUT2D eigenvalue weighted by atomic mass is 32.1. The summed E-state index contributed by atoms with van der Waals surface area (Å²) in [6.45, 7) is 4.12. The summed E-state index contributed by atoms with van der Waals surface area (Å²) in [5, 5.41) is 14.7. The highest BCUT2D eigenvalue weighted by molar-refractivity contribution is 7.12.